The molecule has 5 heteroatoms. The number of hydrogen-bond donors (Lipinski definition) is 3. The van der Waals surface area contributed by atoms with Crippen molar-refractivity contribution in [1.29, 1.82) is 0 Å². The number of carbonyl (C=O) groups excluding carboxylic acids is 1. The van der Waals surface area contributed by atoms with E-state index in [0.717, 1.165) is 12.8 Å². The Labute approximate surface area is 95.4 Å². The third-order valence-corrected chi connectivity index (χ3v) is 2.49. The fourth-order valence-electron chi connectivity index (χ4n) is 1.41. The summed E-state index contributed by atoms with van der Waals surface area (Å²) in [5.41, 5.74) is 2.98. The van der Waals surface area contributed by atoms with Gasteiger partial charge in [0.1, 0.15) is 5.82 Å². The lowest BCUT2D eigenvalue weighted by Crippen LogP contribution is -2.33. The smallest absolute Gasteiger partial charge is 0.251 e. The van der Waals surface area contributed by atoms with Crippen molar-refractivity contribution in [3.8, 4) is 0 Å². The number of amides is 1. The Morgan fingerprint density at radius 2 is 2.19 bits per heavy atom. The highest BCUT2D eigenvalue weighted by molar-refractivity contribution is 5.94. The summed E-state index contributed by atoms with van der Waals surface area (Å²) in [5.74, 6) is 5.62. The first-order valence-electron chi connectivity index (χ1n) is 5.44. The maximum Gasteiger partial charge on any atom is 0.251 e. The molecule has 4 N–H and O–H groups in total. The van der Waals surface area contributed by atoms with E-state index in [2.05, 4.69) is 15.7 Å². The van der Waals surface area contributed by atoms with Crippen molar-refractivity contribution in [3.63, 3.8) is 0 Å². The van der Waals surface area contributed by atoms with Gasteiger partial charge >= 0.3 is 0 Å². The minimum absolute atomic E-state index is 0.0902. The van der Waals surface area contributed by atoms with Gasteiger partial charge in [0.25, 0.3) is 5.91 Å². The summed E-state index contributed by atoms with van der Waals surface area (Å²) in [6, 6.07) is 3.51. The number of hydrazine groups is 1. The molecule has 1 amide bonds. The summed E-state index contributed by atoms with van der Waals surface area (Å²) < 4.78 is 0. The molecule has 88 valence electrons. The van der Waals surface area contributed by atoms with Crippen LogP contribution in [0.2, 0.25) is 0 Å². The van der Waals surface area contributed by atoms with E-state index < -0.39 is 0 Å². The van der Waals surface area contributed by atoms with E-state index in [0.29, 0.717) is 11.4 Å². The second-order valence-electron chi connectivity index (χ2n) is 3.56. The summed E-state index contributed by atoms with van der Waals surface area (Å²) in [6.07, 6.45) is 3.40. The Balaban J connectivity index is 2.72. The molecule has 0 fully saturated rings. The number of rotatable bonds is 5. The number of anilines is 1. The fourth-order valence-corrected chi connectivity index (χ4v) is 1.41. The Hall–Kier alpha value is -1.62. The van der Waals surface area contributed by atoms with E-state index in [4.69, 9.17) is 5.84 Å². The van der Waals surface area contributed by atoms with Crippen molar-refractivity contribution in [2.75, 3.05) is 5.43 Å². The first-order valence-corrected chi connectivity index (χ1v) is 5.44. The van der Waals surface area contributed by atoms with E-state index >= 15 is 0 Å². The number of nitrogen functional groups attached to an aromatic ring is 1. The van der Waals surface area contributed by atoms with Gasteiger partial charge in [-0.25, -0.2) is 10.8 Å². The SMILES string of the molecule is CCC(CC)NC(=O)c1ccnc(NN)c1. The number of carbonyl (C=O) groups is 1. The average Bonchev–Trinajstić information content (AvgIpc) is 2.35. The molecule has 0 aromatic carbocycles. The minimum atomic E-state index is -0.0902. The number of hydrogen-bond acceptors (Lipinski definition) is 4. The number of nitrogens with two attached hydrogens (primary N) is 1. The Bertz CT molecular complexity index is 350. The zero-order chi connectivity index (χ0) is 12.0. The van der Waals surface area contributed by atoms with Crippen molar-refractivity contribution < 1.29 is 4.79 Å². The molecular weight excluding hydrogens is 204 g/mol. The van der Waals surface area contributed by atoms with Crippen LogP contribution < -0.4 is 16.6 Å². The first-order chi connectivity index (χ1) is 7.71. The predicted octanol–water partition coefficient (Wildman–Crippen LogP) is 1.29. The van der Waals surface area contributed by atoms with Crippen LogP contribution in [0.5, 0.6) is 0 Å². The molecule has 0 aliphatic rings. The number of nitrogens with zero attached hydrogens (tertiary/aromatic N) is 1. The van der Waals surface area contributed by atoms with Gasteiger partial charge in [-0.2, -0.15) is 0 Å². The van der Waals surface area contributed by atoms with Gasteiger partial charge in [-0.3, -0.25) is 4.79 Å². The average molecular weight is 222 g/mol. The molecule has 0 unspecified atom stereocenters. The minimum Gasteiger partial charge on any atom is -0.349 e. The van der Waals surface area contributed by atoms with Crippen LogP contribution in [0, 0.1) is 0 Å². The van der Waals surface area contributed by atoms with Gasteiger partial charge in [0.2, 0.25) is 0 Å². The molecule has 0 radical (unpaired) electrons. The fraction of sp³-hybridized carbons (Fsp3) is 0.455. The molecule has 0 aliphatic carbocycles. The Kier molecular flexibility index (Phi) is 4.72. The second-order valence-corrected chi connectivity index (χ2v) is 3.56. The van der Waals surface area contributed by atoms with E-state index in [1.807, 2.05) is 13.8 Å². The largest absolute Gasteiger partial charge is 0.349 e. The molecule has 0 atom stereocenters. The second kappa shape index (κ2) is 6.07. The molecule has 16 heavy (non-hydrogen) atoms. The van der Waals surface area contributed by atoms with E-state index in [1.54, 1.807) is 18.3 Å². The van der Waals surface area contributed by atoms with Gasteiger partial charge in [0.15, 0.2) is 0 Å². The van der Waals surface area contributed by atoms with Crippen molar-refractivity contribution in [2.45, 2.75) is 32.7 Å². The summed E-state index contributed by atoms with van der Waals surface area (Å²) in [5, 5.41) is 2.95. The molecular formula is C11H18N4O. The Morgan fingerprint density at radius 1 is 1.50 bits per heavy atom. The van der Waals surface area contributed by atoms with Crippen LogP contribution in [0.25, 0.3) is 0 Å². The maximum absolute atomic E-state index is 11.8. The lowest BCUT2D eigenvalue weighted by molar-refractivity contribution is 0.0935. The molecule has 1 aromatic heterocycles. The normalized spacial score (nSPS) is 10.2. The van der Waals surface area contributed by atoms with Crippen molar-refractivity contribution in [1.82, 2.24) is 10.3 Å². The van der Waals surface area contributed by atoms with Crippen molar-refractivity contribution in [3.05, 3.63) is 23.9 Å². The molecule has 0 spiro atoms. The van der Waals surface area contributed by atoms with Gasteiger partial charge in [0.05, 0.1) is 0 Å². The van der Waals surface area contributed by atoms with Crippen LogP contribution >= 0.6 is 0 Å². The number of aromatic nitrogens is 1. The first kappa shape index (κ1) is 12.4. The standard InChI is InChI=1S/C11H18N4O/c1-3-9(4-2)14-11(16)8-5-6-13-10(7-8)15-12/h5-7,9H,3-4,12H2,1-2H3,(H,13,15)(H,14,16). The summed E-state index contributed by atoms with van der Waals surface area (Å²) in [7, 11) is 0. The quantitative estimate of drug-likeness (QED) is 0.518. The van der Waals surface area contributed by atoms with Crippen LogP contribution in [0.15, 0.2) is 18.3 Å². The van der Waals surface area contributed by atoms with Gasteiger partial charge < -0.3 is 10.7 Å². The van der Waals surface area contributed by atoms with Gasteiger partial charge in [-0.15, -0.1) is 0 Å². The Morgan fingerprint density at radius 3 is 2.75 bits per heavy atom. The highest BCUT2D eigenvalue weighted by Crippen LogP contribution is 2.06. The zero-order valence-electron chi connectivity index (χ0n) is 9.66. The highest BCUT2D eigenvalue weighted by atomic mass is 16.1. The summed E-state index contributed by atoms with van der Waals surface area (Å²) in [6.45, 7) is 4.10. The molecule has 5 nitrogen and oxygen atoms in total. The lowest BCUT2D eigenvalue weighted by atomic mass is 10.1. The monoisotopic (exact) mass is 222 g/mol. The van der Waals surface area contributed by atoms with Crippen LogP contribution in [-0.2, 0) is 0 Å². The third kappa shape index (κ3) is 3.20. The highest BCUT2D eigenvalue weighted by Gasteiger charge is 2.10. The predicted molar refractivity (Wildman–Crippen MR) is 63.9 cm³/mol. The van der Waals surface area contributed by atoms with Gasteiger partial charge in [-0.1, -0.05) is 13.8 Å². The van der Waals surface area contributed by atoms with Crippen LogP contribution in [-0.4, -0.2) is 16.9 Å². The third-order valence-electron chi connectivity index (χ3n) is 2.49. The van der Waals surface area contributed by atoms with Crippen LogP contribution in [0.4, 0.5) is 5.82 Å². The van der Waals surface area contributed by atoms with Gasteiger partial charge in [-0.05, 0) is 25.0 Å². The topological polar surface area (TPSA) is 80.0 Å². The number of nitrogens with one attached hydrogen (secondary N) is 2. The van der Waals surface area contributed by atoms with Crippen molar-refractivity contribution in [2.24, 2.45) is 5.84 Å². The van der Waals surface area contributed by atoms with Gasteiger partial charge in [0, 0.05) is 17.8 Å². The van der Waals surface area contributed by atoms with E-state index in [9.17, 15) is 4.79 Å². The maximum atomic E-state index is 11.8. The molecule has 1 aromatic rings. The van der Waals surface area contributed by atoms with Crippen LogP contribution in [0.1, 0.15) is 37.0 Å². The van der Waals surface area contributed by atoms with E-state index in [-0.39, 0.29) is 11.9 Å². The summed E-state index contributed by atoms with van der Waals surface area (Å²) >= 11 is 0. The lowest BCUT2D eigenvalue weighted by Gasteiger charge is -2.14. The molecule has 0 aliphatic heterocycles. The molecule has 1 heterocycles. The molecule has 0 saturated heterocycles. The molecule has 1 rings (SSSR count). The van der Waals surface area contributed by atoms with Crippen molar-refractivity contribution >= 4 is 11.7 Å². The number of pyridine rings is 1. The van der Waals surface area contributed by atoms with Crippen LogP contribution in [0.3, 0.4) is 0 Å². The molecule has 0 bridgehead atoms. The van der Waals surface area contributed by atoms with E-state index in [1.165, 1.54) is 0 Å². The molecule has 0 saturated carbocycles. The zero-order valence-corrected chi connectivity index (χ0v) is 9.66. The summed E-state index contributed by atoms with van der Waals surface area (Å²) in [4.78, 5) is 15.8.